The molecule has 0 bridgehead atoms. The molecule has 132 valence electrons. The molecule has 0 saturated carbocycles. The quantitative estimate of drug-likeness (QED) is 0.611. The molecule has 2 aromatic rings. The van der Waals surface area contributed by atoms with Crippen LogP contribution in [0.25, 0.3) is 0 Å². The van der Waals surface area contributed by atoms with E-state index in [1.165, 1.54) is 24.3 Å². The second-order valence-corrected chi connectivity index (χ2v) is 5.27. The highest BCUT2D eigenvalue weighted by molar-refractivity contribution is 5.50. The number of alkyl halides is 3. The first kappa shape index (κ1) is 17.0. The summed E-state index contributed by atoms with van der Waals surface area (Å²) >= 11 is 0. The second kappa shape index (κ2) is 6.60. The molecule has 3 rings (SSSR count). The van der Waals surface area contributed by atoms with Gasteiger partial charge in [0.15, 0.2) is 6.79 Å². The molecule has 1 aliphatic rings. The van der Waals surface area contributed by atoms with Crippen molar-refractivity contribution >= 4 is 5.69 Å². The standard InChI is InChI=1S/C16H12F3NO5/c17-16(18,19)12-1-3-14(4-2-12)24-8-11-6-13(20(21)22)5-10-7-23-9-25-15(10)11/h1-6H,7-9H2. The molecule has 0 fully saturated rings. The number of hydrogen-bond donors (Lipinski definition) is 0. The van der Waals surface area contributed by atoms with Crippen LogP contribution >= 0.6 is 0 Å². The van der Waals surface area contributed by atoms with Crippen LogP contribution in [0.3, 0.4) is 0 Å². The average Bonchev–Trinajstić information content (AvgIpc) is 2.59. The number of ether oxygens (including phenoxy) is 3. The zero-order valence-corrected chi connectivity index (χ0v) is 12.7. The molecule has 0 aromatic heterocycles. The molecule has 1 heterocycles. The van der Waals surface area contributed by atoms with Crippen LogP contribution in [0.4, 0.5) is 18.9 Å². The van der Waals surface area contributed by atoms with Gasteiger partial charge in [0, 0.05) is 23.3 Å². The van der Waals surface area contributed by atoms with E-state index in [1.54, 1.807) is 0 Å². The van der Waals surface area contributed by atoms with Crippen LogP contribution in [-0.2, 0) is 24.1 Å². The van der Waals surface area contributed by atoms with Crippen molar-refractivity contribution in [2.24, 2.45) is 0 Å². The van der Waals surface area contributed by atoms with Gasteiger partial charge in [0.25, 0.3) is 5.69 Å². The molecule has 0 atom stereocenters. The van der Waals surface area contributed by atoms with Gasteiger partial charge in [0.1, 0.15) is 18.1 Å². The lowest BCUT2D eigenvalue weighted by molar-refractivity contribution is -0.385. The van der Waals surface area contributed by atoms with Crippen LogP contribution in [0.15, 0.2) is 36.4 Å². The van der Waals surface area contributed by atoms with E-state index >= 15 is 0 Å². The molecule has 0 N–H and O–H groups in total. The van der Waals surface area contributed by atoms with Crippen LogP contribution in [0.2, 0.25) is 0 Å². The van der Waals surface area contributed by atoms with Crippen LogP contribution in [0.5, 0.6) is 11.5 Å². The number of hydrogen-bond acceptors (Lipinski definition) is 5. The molecule has 25 heavy (non-hydrogen) atoms. The molecule has 1 aliphatic heterocycles. The Morgan fingerprint density at radius 2 is 1.92 bits per heavy atom. The Morgan fingerprint density at radius 1 is 1.20 bits per heavy atom. The fourth-order valence-corrected chi connectivity index (χ4v) is 2.39. The summed E-state index contributed by atoms with van der Waals surface area (Å²) < 4.78 is 53.6. The zero-order valence-electron chi connectivity index (χ0n) is 12.7. The third-order valence-corrected chi connectivity index (χ3v) is 3.56. The minimum absolute atomic E-state index is 0.0120. The molecule has 0 unspecified atom stereocenters. The predicted molar refractivity (Wildman–Crippen MR) is 79.2 cm³/mol. The lowest BCUT2D eigenvalue weighted by Gasteiger charge is -2.20. The third-order valence-electron chi connectivity index (χ3n) is 3.56. The van der Waals surface area contributed by atoms with Crippen molar-refractivity contribution < 1.29 is 32.3 Å². The van der Waals surface area contributed by atoms with E-state index < -0.39 is 16.7 Å². The monoisotopic (exact) mass is 355 g/mol. The fourth-order valence-electron chi connectivity index (χ4n) is 2.39. The maximum atomic E-state index is 12.5. The topological polar surface area (TPSA) is 70.8 Å². The number of fused-ring (bicyclic) bond motifs is 1. The van der Waals surface area contributed by atoms with Crippen molar-refractivity contribution in [2.45, 2.75) is 19.4 Å². The Morgan fingerprint density at radius 3 is 2.56 bits per heavy atom. The van der Waals surface area contributed by atoms with Crippen molar-refractivity contribution in [3.8, 4) is 11.5 Å². The van der Waals surface area contributed by atoms with E-state index in [0.717, 1.165) is 12.1 Å². The summed E-state index contributed by atoms with van der Waals surface area (Å²) in [5.74, 6) is 0.643. The van der Waals surface area contributed by atoms with Gasteiger partial charge in [-0.25, -0.2) is 0 Å². The molecule has 6 nitrogen and oxygen atoms in total. The number of nitrogens with zero attached hydrogens (tertiary/aromatic N) is 1. The predicted octanol–water partition coefficient (Wildman–Crippen LogP) is 4.06. The van der Waals surface area contributed by atoms with Crippen molar-refractivity contribution in [2.75, 3.05) is 6.79 Å². The van der Waals surface area contributed by atoms with Crippen LogP contribution in [0, 0.1) is 10.1 Å². The maximum absolute atomic E-state index is 12.5. The molecular weight excluding hydrogens is 343 g/mol. The van der Waals surface area contributed by atoms with Crippen molar-refractivity contribution in [3.63, 3.8) is 0 Å². The van der Waals surface area contributed by atoms with Crippen molar-refractivity contribution in [1.29, 1.82) is 0 Å². The Bertz CT molecular complexity index is 790. The average molecular weight is 355 g/mol. The minimum atomic E-state index is -4.43. The molecule has 0 radical (unpaired) electrons. The van der Waals surface area contributed by atoms with E-state index in [-0.39, 0.29) is 31.4 Å². The number of benzene rings is 2. The highest BCUT2D eigenvalue weighted by Gasteiger charge is 2.30. The number of nitro benzene ring substituents is 1. The highest BCUT2D eigenvalue weighted by Crippen LogP contribution is 2.34. The smallest absolute Gasteiger partial charge is 0.416 e. The lowest BCUT2D eigenvalue weighted by Crippen LogP contribution is -2.14. The lowest BCUT2D eigenvalue weighted by atomic mass is 10.1. The summed E-state index contributed by atoms with van der Waals surface area (Å²) in [4.78, 5) is 10.5. The van der Waals surface area contributed by atoms with Gasteiger partial charge in [-0.15, -0.1) is 0 Å². The highest BCUT2D eigenvalue weighted by atomic mass is 19.4. The van der Waals surface area contributed by atoms with E-state index in [9.17, 15) is 23.3 Å². The Hall–Kier alpha value is -2.81. The van der Waals surface area contributed by atoms with Crippen LogP contribution in [-0.4, -0.2) is 11.7 Å². The molecule has 9 heteroatoms. The van der Waals surface area contributed by atoms with Crippen molar-refractivity contribution in [3.05, 3.63) is 63.2 Å². The first-order valence-corrected chi connectivity index (χ1v) is 7.15. The van der Waals surface area contributed by atoms with Gasteiger partial charge in [0.05, 0.1) is 17.1 Å². The molecular formula is C16H12F3NO5. The SMILES string of the molecule is O=[N+]([O-])c1cc2c(c(COc3ccc(C(F)(F)F)cc3)c1)OCOC2. The summed E-state index contributed by atoms with van der Waals surface area (Å²) in [6.45, 7) is 0.0950. The fraction of sp³-hybridized carbons (Fsp3) is 0.250. The Balaban J connectivity index is 1.80. The van der Waals surface area contributed by atoms with Crippen molar-refractivity contribution in [1.82, 2.24) is 0 Å². The van der Waals surface area contributed by atoms with E-state index in [2.05, 4.69) is 0 Å². The molecule has 0 aliphatic carbocycles. The molecule has 0 spiro atoms. The summed E-state index contributed by atoms with van der Waals surface area (Å²) in [7, 11) is 0. The van der Waals surface area contributed by atoms with Gasteiger partial charge >= 0.3 is 6.18 Å². The number of non-ortho nitro benzene ring substituents is 1. The maximum Gasteiger partial charge on any atom is 0.416 e. The zero-order chi connectivity index (χ0) is 18.0. The number of rotatable bonds is 4. The van der Waals surface area contributed by atoms with Gasteiger partial charge in [-0.05, 0) is 24.3 Å². The Kier molecular flexibility index (Phi) is 4.49. The summed E-state index contributed by atoms with van der Waals surface area (Å²) in [5.41, 5.74) is 0.0193. The molecule has 0 amide bonds. The van der Waals surface area contributed by atoms with E-state index in [0.29, 0.717) is 16.9 Å². The van der Waals surface area contributed by atoms with Gasteiger partial charge in [0.2, 0.25) is 0 Å². The summed E-state index contributed by atoms with van der Waals surface area (Å²) in [5, 5.41) is 11.0. The normalized spacial score (nSPS) is 13.7. The van der Waals surface area contributed by atoms with E-state index in [4.69, 9.17) is 14.2 Å². The molecule has 0 saturated heterocycles. The minimum Gasteiger partial charge on any atom is -0.489 e. The largest absolute Gasteiger partial charge is 0.489 e. The van der Waals surface area contributed by atoms with Gasteiger partial charge < -0.3 is 14.2 Å². The second-order valence-electron chi connectivity index (χ2n) is 5.27. The first-order valence-electron chi connectivity index (χ1n) is 7.15. The Labute approximate surface area is 139 Å². The number of halogens is 3. The summed E-state index contributed by atoms with van der Waals surface area (Å²) in [6.07, 6.45) is -4.43. The van der Waals surface area contributed by atoms with Gasteiger partial charge in [-0.2, -0.15) is 13.2 Å². The van der Waals surface area contributed by atoms with Gasteiger partial charge in [-0.1, -0.05) is 0 Å². The van der Waals surface area contributed by atoms with Gasteiger partial charge in [-0.3, -0.25) is 10.1 Å². The number of nitro groups is 1. The van der Waals surface area contributed by atoms with Crippen LogP contribution < -0.4 is 9.47 Å². The summed E-state index contributed by atoms with van der Waals surface area (Å²) in [6, 6.07) is 6.86. The van der Waals surface area contributed by atoms with Crippen LogP contribution in [0.1, 0.15) is 16.7 Å². The van der Waals surface area contributed by atoms with E-state index in [1.807, 2.05) is 0 Å². The third kappa shape index (κ3) is 3.82. The molecule has 2 aromatic carbocycles. The first-order chi connectivity index (χ1) is 11.8.